The molecule has 14 heavy (non-hydrogen) atoms. The summed E-state index contributed by atoms with van der Waals surface area (Å²) in [4.78, 5) is 0. The molecule has 0 bridgehead atoms. The van der Waals surface area contributed by atoms with Crippen molar-refractivity contribution in [2.24, 2.45) is 0 Å². The molecule has 0 saturated heterocycles. The Morgan fingerprint density at radius 2 is 2.43 bits per heavy atom. The predicted molar refractivity (Wildman–Crippen MR) is 58.8 cm³/mol. The van der Waals surface area contributed by atoms with Gasteiger partial charge >= 0.3 is 0 Å². The summed E-state index contributed by atoms with van der Waals surface area (Å²) in [6.07, 6.45) is 1.07. The van der Waals surface area contributed by atoms with Gasteiger partial charge in [0.1, 0.15) is 0 Å². The van der Waals surface area contributed by atoms with Crippen molar-refractivity contribution in [3.05, 3.63) is 28.8 Å². The lowest BCUT2D eigenvalue weighted by Crippen LogP contribution is -2.22. The van der Waals surface area contributed by atoms with Crippen molar-refractivity contribution in [3.63, 3.8) is 0 Å². The van der Waals surface area contributed by atoms with Gasteiger partial charge in [-0.05, 0) is 24.6 Å². The van der Waals surface area contributed by atoms with Crippen molar-refractivity contribution in [3.8, 4) is 0 Å². The molecule has 0 spiro atoms. The maximum absolute atomic E-state index is 5.92. The first-order valence-electron chi connectivity index (χ1n) is 4.92. The van der Waals surface area contributed by atoms with Crippen LogP contribution in [0.3, 0.4) is 0 Å². The summed E-state index contributed by atoms with van der Waals surface area (Å²) in [7, 11) is 0. The SMILES string of the molecule is CCC1COCc2cc(Cl)ccc2N1. The number of ether oxygens (including phenoxy) is 1. The molecule has 1 heterocycles. The summed E-state index contributed by atoms with van der Waals surface area (Å²) < 4.78 is 5.56. The van der Waals surface area contributed by atoms with Crippen LogP contribution in [0.1, 0.15) is 18.9 Å². The normalized spacial score (nSPS) is 20.9. The molecular weight excluding hydrogens is 198 g/mol. The van der Waals surface area contributed by atoms with E-state index in [-0.39, 0.29) is 0 Å². The Morgan fingerprint density at radius 1 is 1.57 bits per heavy atom. The molecule has 1 aromatic carbocycles. The topological polar surface area (TPSA) is 21.3 Å². The van der Waals surface area contributed by atoms with Gasteiger partial charge in [-0.3, -0.25) is 0 Å². The molecule has 1 N–H and O–H groups in total. The first-order chi connectivity index (χ1) is 6.79. The van der Waals surface area contributed by atoms with Crippen LogP contribution < -0.4 is 5.32 Å². The number of rotatable bonds is 1. The Hall–Kier alpha value is -0.730. The largest absolute Gasteiger partial charge is 0.380 e. The highest BCUT2D eigenvalue weighted by Crippen LogP contribution is 2.24. The molecule has 0 amide bonds. The monoisotopic (exact) mass is 211 g/mol. The van der Waals surface area contributed by atoms with E-state index < -0.39 is 0 Å². The van der Waals surface area contributed by atoms with Gasteiger partial charge in [-0.25, -0.2) is 0 Å². The first-order valence-corrected chi connectivity index (χ1v) is 5.30. The maximum Gasteiger partial charge on any atom is 0.0738 e. The first kappa shape index (κ1) is 9.81. The molecule has 0 aromatic heterocycles. The Kier molecular flexibility index (Phi) is 2.94. The summed E-state index contributed by atoms with van der Waals surface area (Å²) in [5, 5.41) is 4.22. The molecule has 0 radical (unpaired) electrons. The molecule has 2 rings (SSSR count). The average molecular weight is 212 g/mol. The van der Waals surface area contributed by atoms with Crippen molar-refractivity contribution < 1.29 is 4.74 Å². The van der Waals surface area contributed by atoms with Crippen molar-refractivity contribution in [2.45, 2.75) is 26.0 Å². The van der Waals surface area contributed by atoms with Gasteiger partial charge in [-0.1, -0.05) is 18.5 Å². The second-order valence-corrected chi connectivity index (χ2v) is 4.00. The van der Waals surface area contributed by atoms with Crippen LogP contribution in [0, 0.1) is 0 Å². The quantitative estimate of drug-likeness (QED) is 0.771. The van der Waals surface area contributed by atoms with Gasteiger partial charge in [-0.2, -0.15) is 0 Å². The van der Waals surface area contributed by atoms with Crippen LogP contribution in [-0.2, 0) is 11.3 Å². The minimum absolute atomic E-state index is 0.414. The second kappa shape index (κ2) is 4.20. The molecule has 76 valence electrons. The number of benzene rings is 1. The van der Waals surface area contributed by atoms with E-state index in [0.29, 0.717) is 12.6 Å². The van der Waals surface area contributed by atoms with E-state index in [1.54, 1.807) is 0 Å². The minimum Gasteiger partial charge on any atom is -0.380 e. The zero-order valence-electron chi connectivity index (χ0n) is 8.22. The average Bonchev–Trinajstić information content (AvgIpc) is 2.38. The number of halogens is 1. The number of anilines is 1. The zero-order valence-corrected chi connectivity index (χ0v) is 8.97. The molecule has 0 fully saturated rings. The molecule has 1 aliphatic heterocycles. The fourth-order valence-corrected chi connectivity index (χ4v) is 1.81. The summed E-state index contributed by atoms with van der Waals surface area (Å²) in [6, 6.07) is 6.31. The van der Waals surface area contributed by atoms with Gasteiger partial charge in [0.25, 0.3) is 0 Å². The molecule has 1 unspecified atom stereocenters. The van der Waals surface area contributed by atoms with Crippen LogP contribution in [0.5, 0.6) is 0 Å². The van der Waals surface area contributed by atoms with E-state index >= 15 is 0 Å². The van der Waals surface area contributed by atoms with Crippen molar-refractivity contribution in [1.82, 2.24) is 0 Å². The van der Waals surface area contributed by atoms with Crippen LogP contribution in [-0.4, -0.2) is 12.6 Å². The highest BCUT2D eigenvalue weighted by Gasteiger charge is 2.14. The molecule has 0 saturated carbocycles. The fourth-order valence-electron chi connectivity index (χ4n) is 1.62. The number of hydrogen-bond donors (Lipinski definition) is 1. The third-order valence-corrected chi connectivity index (χ3v) is 2.73. The molecule has 1 aliphatic rings. The van der Waals surface area contributed by atoms with Crippen LogP contribution in [0.2, 0.25) is 5.02 Å². The Balaban J connectivity index is 2.27. The van der Waals surface area contributed by atoms with Crippen LogP contribution in [0.25, 0.3) is 0 Å². The highest BCUT2D eigenvalue weighted by molar-refractivity contribution is 6.30. The Bertz CT molecular complexity index is 327. The highest BCUT2D eigenvalue weighted by atomic mass is 35.5. The van der Waals surface area contributed by atoms with E-state index in [1.165, 1.54) is 0 Å². The standard InChI is InChI=1S/C11H14ClNO/c1-2-10-7-14-6-8-5-9(12)3-4-11(8)13-10/h3-5,10,13H,2,6-7H2,1H3. The van der Waals surface area contributed by atoms with E-state index in [0.717, 1.165) is 29.3 Å². The summed E-state index contributed by atoms with van der Waals surface area (Å²) in [6.45, 7) is 3.57. The maximum atomic E-state index is 5.92. The molecule has 1 aromatic rings. The number of fused-ring (bicyclic) bond motifs is 1. The van der Waals surface area contributed by atoms with Gasteiger partial charge in [-0.15, -0.1) is 0 Å². The van der Waals surface area contributed by atoms with Crippen molar-refractivity contribution in [2.75, 3.05) is 11.9 Å². The number of hydrogen-bond acceptors (Lipinski definition) is 2. The molecule has 2 nitrogen and oxygen atoms in total. The van der Waals surface area contributed by atoms with Crippen LogP contribution in [0.4, 0.5) is 5.69 Å². The lowest BCUT2D eigenvalue weighted by molar-refractivity contribution is 0.116. The summed E-state index contributed by atoms with van der Waals surface area (Å²) >= 11 is 5.92. The Morgan fingerprint density at radius 3 is 3.21 bits per heavy atom. The van der Waals surface area contributed by atoms with E-state index in [4.69, 9.17) is 16.3 Å². The second-order valence-electron chi connectivity index (χ2n) is 3.57. The third kappa shape index (κ3) is 2.02. The van der Waals surface area contributed by atoms with E-state index in [2.05, 4.69) is 12.2 Å². The third-order valence-electron chi connectivity index (χ3n) is 2.50. The summed E-state index contributed by atoms with van der Waals surface area (Å²) in [5.41, 5.74) is 2.30. The van der Waals surface area contributed by atoms with Gasteiger partial charge in [0, 0.05) is 22.3 Å². The smallest absolute Gasteiger partial charge is 0.0738 e. The lowest BCUT2D eigenvalue weighted by atomic mass is 10.1. The molecule has 3 heteroatoms. The van der Waals surface area contributed by atoms with Crippen molar-refractivity contribution >= 4 is 17.3 Å². The van der Waals surface area contributed by atoms with Gasteiger partial charge in [0.2, 0.25) is 0 Å². The molecule has 0 aliphatic carbocycles. The van der Waals surface area contributed by atoms with Crippen LogP contribution >= 0.6 is 11.6 Å². The van der Waals surface area contributed by atoms with E-state index in [1.807, 2.05) is 18.2 Å². The van der Waals surface area contributed by atoms with Crippen molar-refractivity contribution in [1.29, 1.82) is 0 Å². The minimum atomic E-state index is 0.414. The van der Waals surface area contributed by atoms with Gasteiger partial charge in [0.05, 0.1) is 13.2 Å². The van der Waals surface area contributed by atoms with E-state index in [9.17, 15) is 0 Å². The molecular formula is C11H14ClNO. The van der Waals surface area contributed by atoms with Gasteiger partial charge < -0.3 is 10.1 Å². The lowest BCUT2D eigenvalue weighted by Gasteiger charge is -2.14. The van der Waals surface area contributed by atoms with Gasteiger partial charge in [0.15, 0.2) is 0 Å². The Labute approximate surface area is 89.2 Å². The fraction of sp³-hybridized carbons (Fsp3) is 0.455. The predicted octanol–water partition coefficient (Wildman–Crippen LogP) is 3.06. The zero-order chi connectivity index (χ0) is 9.97. The van der Waals surface area contributed by atoms with Crippen LogP contribution in [0.15, 0.2) is 18.2 Å². The summed E-state index contributed by atoms with van der Waals surface area (Å²) in [5.74, 6) is 0. The number of nitrogens with one attached hydrogen (secondary N) is 1. The molecule has 1 atom stereocenters.